The molecule has 2 rings (SSSR count). The van der Waals surface area contributed by atoms with Gasteiger partial charge in [-0.3, -0.25) is 0 Å². The molecule has 0 bridgehead atoms. The van der Waals surface area contributed by atoms with Crippen molar-refractivity contribution in [3.8, 4) is 5.75 Å². The highest BCUT2D eigenvalue weighted by Crippen LogP contribution is 2.29. The number of benzene rings is 1. The molecule has 0 spiro atoms. The van der Waals surface area contributed by atoms with Gasteiger partial charge >= 0.3 is 0 Å². The monoisotopic (exact) mass is 216 g/mol. The van der Waals surface area contributed by atoms with E-state index in [0.29, 0.717) is 0 Å². The number of rotatable bonds is 3. The molecule has 0 aliphatic carbocycles. The van der Waals surface area contributed by atoms with E-state index < -0.39 is 0 Å². The summed E-state index contributed by atoms with van der Waals surface area (Å²) in [5.41, 5.74) is 3.03. The minimum Gasteiger partial charge on any atom is -0.494 e. The van der Waals surface area contributed by atoms with Gasteiger partial charge in [0.1, 0.15) is 11.3 Å². The number of pyridine rings is 1. The van der Waals surface area contributed by atoms with Crippen LogP contribution in [0.5, 0.6) is 5.75 Å². The summed E-state index contributed by atoms with van der Waals surface area (Å²) in [6.45, 7) is 4.98. The minimum atomic E-state index is 0.820. The second-order valence-corrected chi connectivity index (χ2v) is 3.70. The first-order valence-electron chi connectivity index (χ1n) is 5.44. The van der Waals surface area contributed by atoms with E-state index in [1.807, 2.05) is 19.1 Å². The lowest BCUT2D eigenvalue weighted by Crippen LogP contribution is -2.00. The highest BCUT2D eigenvalue weighted by atomic mass is 16.5. The molecular formula is C13H16N2O. The van der Waals surface area contributed by atoms with Crippen molar-refractivity contribution < 1.29 is 4.74 Å². The Balaban J connectivity index is 2.72. The van der Waals surface area contributed by atoms with E-state index in [9.17, 15) is 0 Å². The molecule has 0 radical (unpaired) electrons. The Kier molecular flexibility index (Phi) is 2.95. The van der Waals surface area contributed by atoms with Gasteiger partial charge in [-0.1, -0.05) is 12.1 Å². The van der Waals surface area contributed by atoms with Gasteiger partial charge in [0.2, 0.25) is 0 Å². The topological polar surface area (TPSA) is 34.2 Å². The second kappa shape index (κ2) is 4.39. The fourth-order valence-corrected chi connectivity index (χ4v) is 1.85. The van der Waals surface area contributed by atoms with Crippen molar-refractivity contribution in [1.82, 2.24) is 4.98 Å². The second-order valence-electron chi connectivity index (χ2n) is 3.70. The third kappa shape index (κ3) is 1.81. The number of anilines is 1. The van der Waals surface area contributed by atoms with Crippen LogP contribution in [-0.2, 0) is 0 Å². The predicted octanol–water partition coefficient (Wildman–Crippen LogP) is 2.98. The van der Waals surface area contributed by atoms with Gasteiger partial charge < -0.3 is 10.1 Å². The van der Waals surface area contributed by atoms with Crippen LogP contribution in [0.25, 0.3) is 10.9 Å². The maximum Gasteiger partial charge on any atom is 0.145 e. The fourth-order valence-electron chi connectivity index (χ4n) is 1.85. The number of aryl methyl sites for hydroxylation is 1. The van der Waals surface area contributed by atoms with Gasteiger partial charge in [-0.15, -0.1) is 0 Å². The highest BCUT2D eigenvalue weighted by Gasteiger charge is 2.07. The number of nitrogens with zero attached hydrogens (tertiary/aromatic N) is 1. The Labute approximate surface area is 95.5 Å². The van der Waals surface area contributed by atoms with Crippen LogP contribution in [0.4, 0.5) is 5.69 Å². The van der Waals surface area contributed by atoms with Crippen LogP contribution in [0.15, 0.2) is 24.3 Å². The van der Waals surface area contributed by atoms with E-state index >= 15 is 0 Å². The summed E-state index contributed by atoms with van der Waals surface area (Å²) in [5.74, 6) is 0.820. The maximum absolute atomic E-state index is 5.33. The first-order valence-corrected chi connectivity index (χ1v) is 5.44. The van der Waals surface area contributed by atoms with Crippen molar-refractivity contribution in [3.05, 3.63) is 30.0 Å². The van der Waals surface area contributed by atoms with Crippen LogP contribution in [0.2, 0.25) is 0 Å². The quantitative estimate of drug-likeness (QED) is 0.856. The third-order valence-electron chi connectivity index (χ3n) is 2.52. The molecule has 84 valence electrons. The molecule has 3 nitrogen and oxygen atoms in total. The zero-order chi connectivity index (χ0) is 11.5. The molecule has 0 saturated carbocycles. The van der Waals surface area contributed by atoms with Crippen LogP contribution < -0.4 is 10.1 Å². The number of ether oxygens (including phenoxy) is 1. The van der Waals surface area contributed by atoms with Crippen LogP contribution in [-0.4, -0.2) is 18.6 Å². The molecule has 0 amide bonds. The minimum absolute atomic E-state index is 0.820. The molecule has 0 aliphatic heterocycles. The predicted molar refractivity (Wildman–Crippen MR) is 67.2 cm³/mol. The normalized spacial score (nSPS) is 10.4. The zero-order valence-corrected chi connectivity index (χ0v) is 9.87. The average Bonchev–Trinajstić information content (AvgIpc) is 2.28. The maximum atomic E-state index is 5.33. The molecule has 1 N–H and O–H groups in total. The SMILES string of the molecule is CCNc1cc(C)nc2c(OC)cccc12. The standard InChI is InChI=1S/C13H16N2O/c1-4-14-11-8-9(2)15-13-10(11)6-5-7-12(13)16-3/h5-8H,4H2,1-3H3,(H,14,15). The lowest BCUT2D eigenvalue weighted by Gasteiger charge is -2.11. The molecule has 0 atom stereocenters. The van der Waals surface area contributed by atoms with E-state index in [-0.39, 0.29) is 0 Å². The Morgan fingerprint density at radius 2 is 2.19 bits per heavy atom. The fraction of sp³-hybridized carbons (Fsp3) is 0.308. The van der Waals surface area contributed by atoms with Gasteiger partial charge in [0.15, 0.2) is 0 Å². The number of nitrogens with one attached hydrogen (secondary N) is 1. The number of para-hydroxylation sites is 1. The molecule has 2 aromatic rings. The van der Waals surface area contributed by atoms with Crippen molar-refractivity contribution in [2.45, 2.75) is 13.8 Å². The summed E-state index contributed by atoms with van der Waals surface area (Å²) in [5, 5.41) is 4.45. The molecule has 3 heteroatoms. The van der Waals surface area contributed by atoms with Crippen LogP contribution in [0, 0.1) is 6.92 Å². The van der Waals surface area contributed by atoms with Crippen LogP contribution >= 0.6 is 0 Å². The van der Waals surface area contributed by atoms with E-state index in [1.54, 1.807) is 7.11 Å². The molecular weight excluding hydrogens is 200 g/mol. The largest absolute Gasteiger partial charge is 0.494 e. The van der Waals surface area contributed by atoms with E-state index in [2.05, 4.69) is 29.4 Å². The first-order chi connectivity index (χ1) is 7.76. The summed E-state index contributed by atoms with van der Waals surface area (Å²) >= 11 is 0. The van der Waals surface area contributed by atoms with Gasteiger partial charge in [-0.2, -0.15) is 0 Å². The summed E-state index contributed by atoms with van der Waals surface area (Å²) < 4.78 is 5.33. The van der Waals surface area contributed by atoms with Gasteiger partial charge in [0.05, 0.1) is 7.11 Å². The Morgan fingerprint density at radius 3 is 2.88 bits per heavy atom. The third-order valence-corrected chi connectivity index (χ3v) is 2.52. The Bertz CT molecular complexity index is 509. The van der Waals surface area contributed by atoms with Gasteiger partial charge in [-0.05, 0) is 26.0 Å². The van der Waals surface area contributed by atoms with Crippen molar-refractivity contribution in [2.75, 3.05) is 19.0 Å². The molecule has 0 saturated heterocycles. The van der Waals surface area contributed by atoms with E-state index in [4.69, 9.17) is 4.74 Å². The van der Waals surface area contributed by atoms with Crippen molar-refractivity contribution in [2.24, 2.45) is 0 Å². The van der Waals surface area contributed by atoms with Crippen LogP contribution in [0.3, 0.4) is 0 Å². The van der Waals surface area contributed by atoms with Crippen molar-refractivity contribution in [3.63, 3.8) is 0 Å². The Hall–Kier alpha value is -1.77. The van der Waals surface area contributed by atoms with Crippen molar-refractivity contribution in [1.29, 1.82) is 0 Å². The number of methoxy groups -OCH3 is 1. The summed E-state index contributed by atoms with van der Waals surface area (Å²) in [7, 11) is 1.67. The molecule has 1 heterocycles. The summed E-state index contributed by atoms with van der Waals surface area (Å²) in [4.78, 5) is 4.52. The number of fused-ring (bicyclic) bond motifs is 1. The van der Waals surface area contributed by atoms with Crippen molar-refractivity contribution >= 4 is 16.6 Å². The molecule has 0 aliphatic rings. The smallest absolute Gasteiger partial charge is 0.145 e. The first kappa shape index (κ1) is 10.7. The van der Waals surface area contributed by atoms with Gasteiger partial charge in [0, 0.05) is 23.3 Å². The molecule has 0 fully saturated rings. The van der Waals surface area contributed by atoms with Gasteiger partial charge in [-0.25, -0.2) is 4.98 Å². The molecule has 1 aromatic carbocycles. The molecule has 16 heavy (non-hydrogen) atoms. The lowest BCUT2D eigenvalue weighted by molar-refractivity contribution is 0.419. The van der Waals surface area contributed by atoms with Gasteiger partial charge in [0.25, 0.3) is 0 Å². The Morgan fingerprint density at radius 1 is 1.38 bits per heavy atom. The average molecular weight is 216 g/mol. The van der Waals surface area contributed by atoms with E-state index in [1.165, 1.54) is 0 Å². The zero-order valence-electron chi connectivity index (χ0n) is 9.87. The highest BCUT2D eigenvalue weighted by molar-refractivity contribution is 5.95. The lowest BCUT2D eigenvalue weighted by atomic mass is 10.1. The van der Waals surface area contributed by atoms with E-state index in [0.717, 1.165) is 34.6 Å². The molecule has 0 unspecified atom stereocenters. The number of hydrogen-bond acceptors (Lipinski definition) is 3. The molecule has 1 aromatic heterocycles. The number of aromatic nitrogens is 1. The van der Waals surface area contributed by atoms with Crippen LogP contribution in [0.1, 0.15) is 12.6 Å². The number of hydrogen-bond donors (Lipinski definition) is 1. The summed E-state index contributed by atoms with van der Waals surface area (Å²) in [6, 6.07) is 8.04. The summed E-state index contributed by atoms with van der Waals surface area (Å²) in [6.07, 6.45) is 0.